The summed E-state index contributed by atoms with van der Waals surface area (Å²) < 4.78 is 73.0. The van der Waals surface area contributed by atoms with Crippen molar-refractivity contribution in [1.29, 1.82) is 0 Å². The van der Waals surface area contributed by atoms with Gasteiger partial charge in [0, 0.05) is 104 Å². The molecule has 15 nitrogen and oxygen atoms in total. The van der Waals surface area contributed by atoms with E-state index in [1.807, 2.05) is 41.1 Å². The number of aliphatic hydroxyl groups is 1. The second-order valence-corrected chi connectivity index (χ2v) is 19.3. The molecule has 332 valence electrons. The molecule has 19 heteroatoms. The van der Waals surface area contributed by atoms with Crippen molar-refractivity contribution in [3.8, 4) is 11.1 Å². The van der Waals surface area contributed by atoms with Crippen LogP contribution in [0, 0.1) is 17.0 Å². The van der Waals surface area contributed by atoms with Crippen molar-refractivity contribution in [2.75, 3.05) is 55.4 Å². The van der Waals surface area contributed by atoms with Gasteiger partial charge in [0.2, 0.25) is 17.6 Å². The molecule has 3 atom stereocenters. The summed E-state index contributed by atoms with van der Waals surface area (Å²) in [4.78, 5) is 64.1. The molecule has 0 aliphatic carbocycles. The number of H-pyrrole nitrogens is 1. The zero-order valence-corrected chi connectivity index (χ0v) is 35.1. The highest BCUT2D eigenvalue weighted by Gasteiger charge is 2.52. The second kappa shape index (κ2) is 15.8. The van der Waals surface area contributed by atoms with Gasteiger partial charge in [-0.1, -0.05) is 24.3 Å². The Bertz CT molecular complexity index is 2860. The third kappa shape index (κ3) is 7.58. The number of rotatable bonds is 12. The van der Waals surface area contributed by atoms with Gasteiger partial charge in [-0.05, 0) is 72.4 Å². The van der Waals surface area contributed by atoms with Gasteiger partial charge in [0.25, 0.3) is 5.91 Å². The molecule has 2 aromatic heterocycles. The van der Waals surface area contributed by atoms with Crippen LogP contribution in [-0.2, 0) is 32.8 Å². The lowest BCUT2D eigenvalue weighted by Gasteiger charge is -2.61. The third-order valence-electron chi connectivity index (χ3n) is 13.0. The van der Waals surface area contributed by atoms with Crippen molar-refractivity contribution in [2.24, 2.45) is 5.41 Å². The number of halogens is 3. The SMILES string of the molecule is O=C1CC[C@@H](N2Cc3cc(C[C@@H](O)CN4CC5(C4)CN(c4ccc(-c6cnc7[nH]cc(C(=O)c8c(F)ccc(NS(=O)(=O)N9CC[C@@H](F)C9)c8F)c7c6)cc4)C5)ccc3C2=O)C(=O)N1. The molecule has 0 saturated carbocycles. The van der Waals surface area contributed by atoms with E-state index in [9.17, 15) is 37.1 Å². The van der Waals surface area contributed by atoms with Crippen molar-refractivity contribution >= 4 is 56.1 Å². The predicted octanol–water partition coefficient (Wildman–Crippen LogP) is 3.93. The van der Waals surface area contributed by atoms with Crippen LogP contribution in [-0.4, -0.2) is 125 Å². The van der Waals surface area contributed by atoms with Crippen LogP contribution in [0.4, 0.5) is 24.5 Å². The number of amides is 3. The predicted molar refractivity (Wildman–Crippen MR) is 228 cm³/mol. The minimum absolute atomic E-state index is 0.00351. The number of aliphatic hydroxyl groups excluding tert-OH is 1. The average molecular weight is 897 g/mol. The van der Waals surface area contributed by atoms with E-state index >= 15 is 8.78 Å². The summed E-state index contributed by atoms with van der Waals surface area (Å²) >= 11 is 0. The van der Waals surface area contributed by atoms with Crippen LogP contribution >= 0.6 is 0 Å². The van der Waals surface area contributed by atoms with E-state index in [1.165, 1.54) is 11.1 Å². The molecule has 1 spiro atoms. The monoisotopic (exact) mass is 896 g/mol. The number of likely N-dealkylation sites (tertiary alicyclic amines) is 1. The van der Waals surface area contributed by atoms with Gasteiger partial charge in [-0.25, -0.2) is 18.2 Å². The van der Waals surface area contributed by atoms with Crippen molar-refractivity contribution in [3.63, 3.8) is 0 Å². The minimum atomic E-state index is -4.36. The number of fused-ring (bicyclic) bond motifs is 2. The van der Waals surface area contributed by atoms with Gasteiger partial charge in [-0.3, -0.25) is 34.1 Å². The molecule has 5 aliphatic heterocycles. The minimum Gasteiger partial charge on any atom is -0.391 e. The fourth-order valence-electron chi connectivity index (χ4n) is 9.86. The molecule has 7 heterocycles. The average Bonchev–Trinajstić information content (AvgIpc) is 3.96. The number of ketones is 1. The molecule has 3 aromatic carbocycles. The number of benzene rings is 3. The first kappa shape index (κ1) is 41.8. The summed E-state index contributed by atoms with van der Waals surface area (Å²) in [6, 6.07) is 16.1. The molecule has 10 rings (SSSR count). The highest BCUT2D eigenvalue weighted by molar-refractivity contribution is 7.90. The van der Waals surface area contributed by atoms with Gasteiger partial charge in [0.05, 0.1) is 17.4 Å². The van der Waals surface area contributed by atoms with Gasteiger partial charge < -0.3 is 19.9 Å². The lowest BCUT2D eigenvalue weighted by molar-refractivity contribution is -0.136. The molecule has 0 unspecified atom stereocenters. The molecule has 5 aliphatic rings. The quantitative estimate of drug-likeness (QED) is 0.106. The number of imide groups is 1. The van der Waals surface area contributed by atoms with Crippen LogP contribution in [0.5, 0.6) is 0 Å². The van der Waals surface area contributed by atoms with E-state index in [1.54, 1.807) is 18.3 Å². The number of anilines is 2. The summed E-state index contributed by atoms with van der Waals surface area (Å²) in [5.41, 5.74) is 3.53. The van der Waals surface area contributed by atoms with Crippen LogP contribution in [0.2, 0.25) is 0 Å². The Labute approximate surface area is 365 Å². The lowest BCUT2D eigenvalue weighted by atomic mass is 9.72. The van der Waals surface area contributed by atoms with Crippen molar-refractivity contribution < 1.29 is 45.9 Å². The van der Waals surface area contributed by atoms with Crippen LogP contribution in [0.15, 0.2) is 73.1 Å². The van der Waals surface area contributed by atoms with E-state index in [0.29, 0.717) is 41.5 Å². The van der Waals surface area contributed by atoms with E-state index < -0.39 is 69.6 Å². The maximum absolute atomic E-state index is 15.7. The van der Waals surface area contributed by atoms with Gasteiger partial charge in [0.15, 0.2) is 5.82 Å². The Balaban J connectivity index is 0.737. The Hall–Kier alpha value is -6.15. The Morgan fingerprint density at radius 1 is 0.984 bits per heavy atom. The Kier molecular flexibility index (Phi) is 10.3. The Morgan fingerprint density at radius 2 is 1.77 bits per heavy atom. The van der Waals surface area contributed by atoms with Crippen LogP contribution in [0.1, 0.15) is 56.7 Å². The first-order chi connectivity index (χ1) is 30.6. The zero-order valence-electron chi connectivity index (χ0n) is 34.3. The zero-order chi connectivity index (χ0) is 44.7. The number of β-amino-alcohol motifs (C(OH)–C–C–N with tert-alkyl or cyclic N) is 1. The summed E-state index contributed by atoms with van der Waals surface area (Å²) in [7, 11) is -4.36. The van der Waals surface area contributed by atoms with E-state index in [2.05, 4.69) is 25.1 Å². The largest absolute Gasteiger partial charge is 0.391 e. The van der Waals surface area contributed by atoms with Crippen molar-refractivity contribution in [2.45, 2.75) is 50.5 Å². The van der Waals surface area contributed by atoms with Crippen LogP contribution < -0.4 is 14.9 Å². The molecule has 64 heavy (non-hydrogen) atoms. The fourth-order valence-corrected chi connectivity index (χ4v) is 11.1. The number of piperidine rings is 1. The molecule has 3 amide bonds. The molecule has 4 fully saturated rings. The van der Waals surface area contributed by atoms with E-state index in [-0.39, 0.29) is 48.7 Å². The highest BCUT2D eigenvalue weighted by Crippen LogP contribution is 2.42. The second-order valence-electron chi connectivity index (χ2n) is 17.6. The molecule has 0 radical (unpaired) electrons. The van der Waals surface area contributed by atoms with Gasteiger partial charge >= 0.3 is 10.2 Å². The molecule has 5 aromatic rings. The maximum Gasteiger partial charge on any atom is 0.301 e. The van der Waals surface area contributed by atoms with Gasteiger partial charge in [-0.2, -0.15) is 12.7 Å². The number of carbonyl (C=O) groups excluding carboxylic acids is 4. The molecule has 4 saturated heterocycles. The number of aromatic nitrogens is 2. The molecular weight excluding hydrogens is 854 g/mol. The first-order valence-corrected chi connectivity index (χ1v) is 22.5. The number of hydrogen-bond acceptors (Lipinski definition) is 10. The number of alkyl halides is 1. The van der Waals surface area contributed by atoms with Gasteiger partial charge in [0.1, 0.15) is 23.7 Å². The van der Waals surface area contributed by atoms with E-state index in [4.69, 9.17) is 0 Å². The molecule has 0 bridgehead atoms. The van der Waals surface area contributed by atoms with Crippen LogP contribution in [0.25, 0.3) is 22.2 Å². The summed E-state index contributed by atoms with van der Waals surface area (Å²) in [5.74, 6) is -4.60. The summed E-state index contributed by atoms with van der Waals surface area (Å²) in [6.45, 7) is 3.73. The number of pyridine rings is 1. The molecule has 4 N–H and O–H groups in total. The number of nitrogens with one attached hydrogen (secondary N) is 3. The number of aromatic amines is 1. The first-order valence-electron chi connectivity index (χ1n) is 21.1. The van der Waals surface area contributed by atoms with Crippen LogP contribution in [0.3, 0.4) is 0 Å². The Morgan fingerprint density at radius 3 is 2.50 bits per heavy atom. The normalized spacial score (nSPS) is 21.5. The molecular formula is C45H43F3N8O7S. The highest BCUT2D eigenvalue weighted by atomic mass is 32.2. The smallest absolute Gasteiger partial charge is 0.301 e. The standard InChI is InChI=1S/C45H43F3N8O7S/c46-29-11-12-55(19-29)64(62,63)52-36-8-7-35(47)39(40(36)48)41(59)34-17-50-42-33(34)15-27(16-49-42)26-2-4-30(5-3-26)54-23-45(24-54)21-53(22-45)20-31(57)14-25-1-6-32-28(13-25)18-56(44(32)61)37-9-10-38(58)51-43(37)60/h1-8,13,15-17,29,31,37,52,57H,9-12,14,18-24H2,(H,49,50)(H,51,58,60)/t29-,31-,37-/m1/s1. The van der Waals surface area contributed by atoms with E-state index in [0.717, 1.165) is 65.0 Å². The third-order valence-corrected chi connectivity index (χ3v) is 14.5. The van der Waals surface area contributed by atoms with Crippen molar-refractivity contribution in [1.82, 2.24) is 29.4 Å². The number of carbonyl (C=O) groups is 4. The maximum atomic E-state index is 15.7. The summed E-state index contributed by atoms with van der Waals surface area (Å²) in [5, 5.41) is 13.6. The number of hydrogen-bond donors (Lipinski definition) is 4. The number of nitrogens with zero attached hydrogens (tertiary/aromatic N) is 5. The summed E-state index contributed by atoms with van der Waals surface area (Å²) in [6.07, 6.45) is 1.88. The lowest BCUT2D eigenvalue weighted by Crippen LogP contribution is -2.72. The van der Waals surface area contributed by atoms with Crippen molar-refractivity contribution in [3.05, 3.63) is 113 Å². The van der Waals surface area contributed by atoms with Gasteiger partial charge in [-0.15, -0.1) is 0 Å². The topological polar surface area (TPSA) is 188 Å². The fraction of sp³-hybridized carbons (Fsp3) is 0.356.